The standard InChI is InChI=1S/C15H22N2O7/c1-5-6-7-11-10(12(19)17-24-11)8-15(13(20)22-3,14(21)23-4)16-9(2)18/h5-8H2,1-4H3,(H,16,18)(H,17,19). The largest absolute Gasteiger partial charge is 0.467 e. The molecule has 0 bridgehead atoms. The van der Waals surface area contributed by atoms with Crippen molar-refractivity contribution in [2.75, 3.05) is 14.2 Å². The molecule has 0 atom stereocenters. The van der Waals surface area contributed by atoms with Crippen LogP contribution in [0.2, 0.25) is 0 Å². The Morgan fingerprint density at radius 1 is 1.21 bits per heavy atom. The number of aromatic amines is 1. The summed E-state index contributed by atoms with van der Waals surface area (Å²) in [4.78, 5) is 48.1. The number of rotatable bonds is 8. The molecule has 0 aliphatic heterocycles. The van der Waals surface area contributed by atoms with Crippen LogP contribution in [0.3, 0.4) is 0 Å². The molecule has 0 saturated heterocycles. The Morgan fingerprint density at radius 2 is 1.79 bits per heavy atom. The molecule has 0 aliphatic carbocycles. The summed E-state index contributed by atoms with van der Waals surface area (Å²) in [6.45, 7) is 3.10. The summed E-state index contributed by atoms with van der Waals surface area (Å²) in [6, 6.07) is 0. The molecule has 0 saturated carbocycles. The fourth-order valence-corrected chi connectivity index (χ4v) is 2.36. The number of esters is 2. The van der Waals surface area contributed by atoms with Crippen LogP contribution in [-0.2, 0) is 36.7 Å². The monoisotopic (exact) mass is 342 g/mol. The first-order valence-electron chi connectivity index (χ1n) is 7.47. The number of unbranched alkanes of at least 4 members (excludes halogenated alkanes) is 1. The van der Waals surface area contributed by atoms with Gasteiger partial charge in [0.2, 0.25) is 11.4 Å². The van der Waals surface area contributed by atoms with Gasteiger partial charge in [-0.05, 0) is 6.42 Å². The van der Waals surface area contributed by atoms with E-state index in [1.807, 2.05) is 6.92 Å². The molecule has 0 radical (unpaired) electrons. The van der Waals surface area contributed by atoms with Crippen molar-refractivity contribution in [2.24, 2.45) is 0 Å². The molecule has 1 amide bonds. The number of aromatic nitrogens is 1. The highest BCUT2D eigenvalue weighted by atomic mass is 16.5. The molecular weight excluding hydrogens is 320 g/mol. The first-order valence-corrected chi connectivity index (χ1v) is 7.47. The third kappa shape index (κ3) is 4.03. The molecule has 0 unspecified atom stereocenters. The molecule has 1 rings (SSSR count). The number of hydrogen-bond donors (Lipinski definition) is 2. The Labute approximate surface area is 138 Å². The molecule has 0 aromatic carbocycles. The summed E-state index contributed by atoms with van der Waals surface area (Å²) in [6.07, 6.45) is 1.62. The molecule has 0 fully saturated rings. The van der Waals surface area contributed by atoms with Gasteiger partial charge in [0, 0.05) is 19.8 Å². The molecule has 0 spiro atoms. The second-order valence-corrected chi connectivity index (χ2v) is 5.28. The third-order valence-electron chi connectivity index (χ3n) is 3.53. The van der Waals surface area contributed by atoms with Gasteiger partial charge in [0.05, 0.1) is 19.8 Å². The zero-order chi connectivity index (χ0) is 18.3. The summed E-state index contributed by atoms with van der Waals surface area (Å²) in [5.74, 6) is -2.40. The van der Waals surface area contributed by atoms with Gasteiger partial charge in [-0.1, -0.05) is 13.3 Å². The van der Waals surface area contributed by atoms with E-state index in [1.54, 1.807) is 0 Å². The van der Waals surface area contributed by atoms with Gasteiger partial charge in [0.25, 0.3) is 5.56 Å². The Hall–Kier alpha value is -2.58. The van der Waals surface area contributed by atoms with Crippen molar-refractivity contribution in [3.63, 3.8) is 0 Å². The highest BCUT2D eigenvalue weighted by Crippen LogP contribution is 2.20. The molecule has 9 heteroatoms. The quantitative estimate of drug-likeness (QED) is 0.505. The number of carbonyl (C=O) groups excluding carboxylic acids is 3. The molecule has 0 aliphatic rings. The second kappa shape index (κ2) is 8.32. The van der Waals surface area contributed by atoms with E-state index in [4.69, 9.17) is 4.52 Å². The van der Waals surface area contributed by atoms with Gasteiger partial charge in [-0.2, -0.15) is 5.16 Å². The van der Waals surface area contributed by atoms with E-state index < -0.39 is 35.4 Å². The van der Waals surface area contributed by atoms with Gasteiger partial charge < -0.3 is 19.3 Å². The maximum atomic E-state index is 12.3. The SMILES string of the molecule is CCCCc1o[nH]c(=O)c1CC(NC(C)=O)(C(=O)OC)C(=O)OC. The van der Waals surface area contributed by atoms with Crippen molar-refractivity contribution in [3.05, 3.63) is 21.7 Å². The fourth-order valence-electron chi connectivity index (χ4n) is 2.36. The van der Waals surface area contributed by atoms with Gasteiger partial charge in [-0.15, -0.1) is 0 Å². The number of nitrogens with one attached hydrogen (secondary N) is 2. The lowest BCUT2D eigenvalue weighted by Crippen LogP contribution is -2.62. The van der Waals surface area contributed by atoms with E-state index in [-0.39, 0.29) is 5.56 Å². The van der Waals surface area contributed by atoms with E-state index in [0.29, 0.717) is 12.2 Å². The van der Waals surface area contributed by atoms with Crippen molar-refractivity contribution in [3.8, 4) is 0 Å². The first kappa shape index (κ1) is 19.5. The van der Waals surface area contributed by atoms with Crippen LogP contribution in [0.1, 0.15) is 38.0 Å². The lowest BCUT2D eigenvalue weighted by atomic mass is 9.90. The van der Waals surface area contributed by atoms with Crippen LogP contribution in [0, 0.1) is 0 Å². The average Bonchev–Trinajstić information content (AvgIpc) is 2.90. The van der Waals surface area contributed by atoms with Crippen molar-refractivity contribution < 1.29 is 28.4 Å². The first-order chi connectivity index (χ1) is 11.3. The van der Waals surface area contributed by atoms with Gasteiger partial charge in [0.15, 0.2) is 0 Å². The predicted octanol–water partition coefficient (Wildman–Crippen LogP) is 0.0739. The molecule has 1 aromatic rings. The van der Waals surface area contributed by atoms with Crippen molar-refractivity contribution in [1.82, 2.24) is 10.5 Å². The minimum Gasteiger partial charge on any atom is -0.467 e. The number of hydrogen-bond acceptors (Lipinski definition) is 7. The summed E-state index contributed by atoms with van der Waals surface area (Å²) < 4.78 is 14.4. The maximum Gasteiger partial charge on any atom is 0.343 e. The van der Waals surface area contributed by atoms with Gasteiger partial charge in [0.1, 0.15) is 5.76 Å². The molecule has 2 N–H and O–H groups in total. The van der Waals surface area contributed by atoms with E-state index >= 15 is 0 Å². The molecular formula is C15H22N2O7. The molecule has 134 valence electrons. The molecule has 1 heterocycles. The van der Waals surface area contributed by atoms with Crippen LogP contribution in [0.25, 0.3) is 0 Å². The van der Waals surface area contributed by atoms with Crippen molar-refractivity contribution in [2.45, 2.75) is 45.1 Å². The molecule has 24 heavy (non-hydrogen) atoms. The maximum absolute atomic E-state index is 12.3. The summed E-state index contributed by atoms with van der Waals surface area (Å²) in [7, 11) is 2.14. The lowest BCUT2D eigenvalue weighted by Gasteiger charge is -2.28. The molecule has 9 nitrogen and oxygen atoms in total. The zero-order valence-electron chi connectivity index (χ0n) is 14.2. The smallest absolute Gasteiger partial charge is 0.343 e. The van der Waals surface area contributed by atoms with Gasteiger partial charge in [-0.3, -0.25) is 9.59 Å². The van der Waals surface area contributed by atoms with E-state index in [2.05, 4.69) is 19.9 Å². The number of aryl methyl sites for hydroxylation is 1. The van der Waals surface area contributed by atoms with Crippen molar-refractivity contribution in [1.29, 1.82) is 0 Å². The normalized spacial score (nSPS) is 11.0. The summed E-state index contributed by atoms with van der Waals surface area (Å²) >= 11 is 0. The van der Waals surface area contributed by atoms with Crippen LogP contribution >= 0.6 is 0 Å². The van der Waals surface area contributed by atoms with Gasteiger partial charge >= 0.3 is 11.9 Å². The van der Waals surface area contributed by atoms with Crippen LogP contribution < -0.4 is 10.9 Å². The topological polar surface area (TPSA) is 128 Å². The Morgan fingerprint density at radius 3 is 2.25 bits per heavy atom. The Balaban J connectivity index is 3.38. The van der Waals surface area contributed by atoms with Crippen LogP contribution in [0.4, 0.5) is 0 Å². The minimum atomic E-state index is -2.16. The lowest BCUT2D eigenvalue weighted by molar-refractivity contribution is -0.165. The highest BCUT2D eigenvalue weighted by molar-refractivity contribution is 6.07. The fraction of sp³-hybridized carbons (Fsp3) is 0.600. The number of ether oxygens (including phenoxy) is 2. The van der Waals surface area contributed by atoms with Crippen LogP contribution in [0.15, 0.2) is 9.32 Å². The Kier molecular flexibility index (Phi) is 6.75. The van der Waals surface area contributed by atoms with Crippen LogP contribution in [-0.4, -0.2) is 42.8 Å². The van der Waals surface area contributed by atoms with E-state index in [9.17, 15) is 19.2 Å². The zero-order valence-corrected chi connectivity index (χ0v) is 14.2. The number of amides is 1. The predicted molar refractivity (Wildman–Crippen MR) is 82.2 cm³/mol. The van der Waals surface area contributed by atoms with Crippen LogP contribution in [0.5, 0.6) is 0 Å². The van der Waals surface area contributed by atoms with Crippen molar-refractivity contribution >= 4 is 17.8 Å². The van der Waals surface area contributed by atoms with E-state index in [1.165, 1.54) is 0 Å². The highest BCUT2D eigenvalue weighted by Gasteiger charge is 2.50. The number of carbonyl (C=O) groups is 3. The second-order valence-electron chi connectivity index (χ2n) is 5.28. The third-order valence-corrected chi connectivity index (χ3v) is 3.53. The van der Waals surface area contributed by atoms with E-state index in [0.717, 1.165) is 34.0 Å². The average molecular weight is 342 g/mol. The van der Waals surface area contributed by atoms with Gasteiger partial charge in [-0.25, -0.2) is 9.59 Å². The summed E-state index contributed by atoms with van der Waals surface area (Å²) in [5, 5.41) is 4.45. The number of methoxy groups -OCH3 is 2. The minimum absolute atomic E-state index is 0.0907. The molecule has 1 aromatic heterocycles. The summed E-state index contributed by atoms with van der Waals surface area (Å²) in [5.41, 5.74) is -2.65. The Bertz CT molecular complexity index is 643. The number of H-pyrrole nitrogens is 1.